The molecule has 9 nitrogen and oxygen atoms in total. The predicted octanol–water partition coefficient (Wildman–Crippen LogP) is 9.19. The van der Waals surface area contributed by atoms with Crippen LogP contribution in [0.3, 0.4) is 0 Å². The van der Waals surface area contributed by atoms with Gasteiger partial charge in [0, 0.05) is 22.9 Å². The van der Waals surface area contributed by atoms with Crippen LogP contribution in [0.15, 0.2) is 54.7 Å². The second-order valence-corrected chi connectivity index (χ2v) is 14.6. The van der Waals surface area contributed by atoms with Crippen LogP contribution < -0.4 is 0 Å². The van der Waals surface area contributed by atoms with Crippen molar-refractivity contribution >= 4 is 23.7 Å². The van der Waals surface area contributed by atoms with E-state index in [0.717, 1.165) is 39.8 Å². The molecule has 3 aromatic carbocycles. The summed E-state index contributed by atoms with van der Waals surface area (Å²) in [4.78, 5) is 49.6. The normalized spacial score (nSPS) is 11.1. The summed E-state index contributed by atoms with van der Waals surface area (Å²) in [6.45, 7) is 23.8. The molecule has 1 heterocycles. The van der Waals surface area contributed by atoms with Crippen molar-refractivity contribution in [1.82, 2.24) is 4.98 Å². The molecule has 0 atom stereocenters. The number of pyridine rings is 1. The number of aromatic hydroxyl groups is 1. The molecule has 0 radical (unpaired) electrons. The summed E-state index contributed by atoms with van der Waals surface area (Å²) in [5, 5.41) is 37.1. The lowest BCUT2D eigenvalue weighted by Crippen LogP contribution is -2.18. The highest BCUT2D eigenvalue weighted by Gasteiger charge is 2.27. The van der Waals surface area contributed by atoms with Crippen molar-refractivity contribution < 1.29 is 39.6 Å². The highest BCUT2D eigenvalue weighted by molar-refractivity contribution is 6.15. The second kappa shape index (κ2) is 16.6. The predicted molar refractivity (Wildman–Crippen MR) is 200 cm³/mol. The Morgan fingerprint density at radius 3 is 1.55 bits per heavy atom. The number of nitrogens with zero attached hydrogens (tertiary/aromatic N) is 1. The standard InChI is InChI=1S/C19H20O3.C15H22O3.C8H9NO2/c1-10-11(2)13(4)17(14(5)12(10)3)18(20)15-8-6-7-9-16(15)19(21)22;1-14(2,3)9-7-10(13(17)18)12(16)11(8-9)15(4,5)6;1-2-6-3-4-9-7(5-6)8(10)11/h6-9H,1-5H3,(H,21,22);7-8,16H,1-6H3,(H,17,18);3-5H,2H2,1H3,(H,10,11). The molecule has 0 fully saturated rings. The Morgan fingerprint density at radius 2 is 1.12 bits per heavy atom. The Morgan fingerprint density at radius 1 is 0.627 bits per heavy atom. The zero-order valence-electron chi connectivity index (χ0n) is 31.8. The summed E-state index contributed by atoms with van der Waals surface area (Å²) in [6, 6.07) is 13.2. The minimum atomic E-state index is -1.09. The third-order valence-electron chi connectivity index (χ3n) is 9.10. The van der Waals surface area contributed by atoms with E-state index < -0.39 is 17.9 Å². The molecule has 0 unspecified atom stereocenters. The highest BCUT2D eigenvalue weighted by Crippen LogP contribution is 2.37. The van der Waals surface area contributed by atoms with Gasteiger partial charge in [-0.15, -0.1) is 0 Å². The van der Waals surface area contributed by atoms with Crippen LogP contribution in [-0.4, -0.2) is 49.1 Å². The molecule has 272 valence electrons. The summed E-state index contributed by atoms with van der Waals surface area (Å²) in [7, 11) is 0. The summed E-state index contributed by atoms with van der Waals surface area (Å²) >= 11 is 0. The molecule has 4 rings (SSSR count). The fourth-order valence-electron chi connectivity index (χ4n) is 5.46. The van der Waals surface area contributed by atoms with E-state index in [-0.39, 0.29) is 44.7 Å². The van der Waals surface area contributed by atoms with Crippen molar-refractivity contribution in [1.29, 1.82) is 0 Å². The molecule has 0 saturated heterocycles. The maximum Gasteiger partial charge on any atom is 0.354 e. The number of aryl methyl sites for hydroxylation is 1. The lowest BCUT2D eigenvalue weighted by molar-refractivity contribution is 0.0680. The zero-order chi connectivity index (χ0) is 39.2. The van der Waals surface area contributed by atoms with Gasteiger partial charge in [-0.1, -0.05) is 72.7 Å². The van der Waals surface area contributed by atoms with E-state index in [2.05, 4.69) is 4.98 Å². The van der Waals surface area contributed by atoms with Crippen LogP contribution >= 0.6 is 0 Å². The van der Waals surface area contributed by atoms with Gasteiger partial charge in [-0.05, 0) is 115 Å². The molecule has 4 aromatic rings. The van der Waals surface area contributed by atoms with Gasteiger partial charge in [0.05, 0.1) is 5.56 Å². The summed E-state index contributed by atoms with van der Waals surface area (Å²) in [5.74, 6) is -3.49. The largest absolute Gasteiger partial charge is 0.507 e. The van der Waals surface area contributed by atoms with E-state index in [4.69, 9.17) is 5.11 Å². The summed E-state index contributed by atoms with van der Waals surface area (Å²) < 4.78 is 0. The Kier molecular flexibility index (Phi) is 13.6. The van der Waals surface area contributed by atoms with Crippen molar-refractivity contribution in [3.8, 4) is 5.75 Å². The molecule has 1 aromatic heterocycles. The summed E-state index contributed by atoms with van der Waals surface area (Å²) in [6.07, 6.45) is 2.35. The van der Waals surface area contributed by atoms with Crippen LogP contribution in [0, 0.1) is 34.6 Å². The number of carbonyl (C=O) groups is 4. The third kappa shape index (κ3) is 10.1. The fraction of sp³-hybridized carbons (Fsp3) is 0.357. The second-order valence-electron chi connectivity index (χ2n) is 14.6. The lowest BCUT2D eigenvalue weighted by Gasteiger charge is -2.26. The van der Waals surface area contributed by atoms with Gasteiger partial charge in [0.2, 0.25) is 0 Å². The van der Waals surface area contributed by atoms with E-state index in [1.807, 2.05) is 95.2 Å². The first kappa shape index (κ1) is 41.9. The molecule has 0 aliphatic heterocycles. The number of aromatic nitrogens is 1. The number of phenols is 1. The van der Waals surface area contributed by atoms with E-state index in [1.54, 1.807) is 30.3 Å². The van der Waals surface area contributed by atoms with Crippen molar-refractivity contribution in [2.75, 3.05) is 0 Å². The van der Waals surface area contributed by atoms with Crippen LogP contribution in [0.2, 0.25) is 0 Å². The van der Waals surface area contributed by atoms with Gasteiger partial charge in [0.25, 0.3) is 0 Å². The van der Waals surface area contributed by atoms with Crippen LogP contribution in [0.4, 0.5) is 0 Å². The number of carboxylic acids is 3. The Balaban J connectivity index is 0.000000280. The van der Waals surface area contributed by atoms with Gasteiger partial charge in [-0.2, -0.15) is 0 Å². The smallest absolute Gasteiger partial charge is 0.354 e. The van der Waals surface area contributed by atoms with Crippen molar-refractivity contribution in [3.63, 3.8) is 0 Å². The number of rotatable bonds is 6. The first-order valence-electron chi connectivity index (χ1n) is 16.7. The van der Waals surface area contributed by atoms with Crippen LogP contribution in [0.25, 0.3) is 0 Å². The van der Waals surface area contributed by atoms with Gasteiger partial charge in [0.15, 0.2) is 5.78 Å². The van der Waals surface area contributed by atoms with Crippen molar-refractivity contribution in [3.05, 3.63) is 127 Å². The van der Waals surface area contributed by atoms with E-state index in [0.29, 0.717) is 11.1 Å². The molecule has 4 N–H and O–H groups in total. The minimum absolute atomic E-state index is 0.0210. The monoisotopic (exact) mass is 697 g/mol. The maximum absolute atomic E-state index is 13.0. The van der Waals surface area contributed by atoms with E-state index >= 15 is 0 Å². The molecule has 0 saturated carbocycles. The van der Waals surface area contributed by atoms with Gasteiger partial charge in [0.1, 0.15) is 17.0 Å². The molecule has 9 heteroatoms. The average Bonchev–Trinajstić information content (AvgIpc) is 3.05. The molecule has 0 bridgehead atoms. The maximum atomic E-state index is 13.0. The number of carboxylic acid groups (broad SMARTS) is 3. The fourth-order valence-corrected chi connectivity index (χ4v) is 5.46. The third-order valence-corrected chi connectivity index (χ3v) is 9.10. The van der Waals surface area contributed by atoms with Crippen LogP contribution in [-0.2, 0) is 17.3 Å². The van der Waals surface area contributed by atoms with Crippen molar-refractivity contribution in [2.45, 2.75) is 100 Å². The average molecular weight is 698 g/mol. The Bertz CT molecular complexity index is 1930. The topological polar surface area (TPSA) is 162 Å². The molecular formula is C42H51NO8. The quantitative estimate of drug-likeness (QED) is 0.144. The first-order valence-corrected chi connectivity index (χ1v) is 16.7. The minimum Gasteiger partial charge on any atom is -0.507 e. The number of aromatic carboxylic acids is 3. The molecule has 0 amide bonds. The Hall–Kier alpha value is -5.31. The van der Waals surface area contributed by atoms with Crippen LogP contribution in [0.1, 0.15) is 140 Å². The molecule has 0 spiro atoms. The molecule has 0 aliphatic rings. The van der Waals surface area contributed by atoms with E-state index in [1.165, 1.54) is 17.8 Å². The number of hydrogen-bond donors (Lipinski definition) is 4. The first-order chi connectivity index (χ1) is 23.4. The van der Waals surface area contributed by atoms with E-state index in [9.17, 15) is 34.5 Å². The molecular weight excluding hydrogens is 646 g/mol. The zero-order valence-corrected chi connectivity index (χ0v) is 31.8. The summed E-state index contributed by atoms with van der Waals surface area (Å²) in [5.41, 5.74) is 8.32. The number of hydrogen-bond acceptors (Lipinski definition) is 6. The van der Waals surface area contributed by atoms with Crippen LogP contribution in [0.5, 0.6) is 5.75 Å². The number of ketones is 1. The molecule has 51 heavy (non-hydrogen) atoms. The van der Waals surface area contributed by atoms with Gasteiger partial charge >= 0.3 is 17.9 Å². The van der Waals surface area contributed by atoms with Crippen molar-refractivity contribution in [2.24, 2.45) is 0 Å². The van der Waals surface area contributed by atoms with Gasteiger partial charge < -0.3 is 20.4 Å². The van der Waals surface area contributed by atoms with Gasteiger partial charge in [-0.3, -0.25) is 4.79 Å². The number of carbonyl (C=O) groups excluding carboxylic acids is 1. The lowest BCUT2D eigenvalue weighted by atomic mass is 9.79. The highest BCUT2D eigenvalue weighted by atomic mass is 16.4. The van der Waals surface area contributed by atoms with Gasteiger partial charge in [-0.25, -0.2) is 19.4 Å². The Labute approximate surface area is 301 Å². The number of benzene rings is 3. The SMILES string of the molecule is CC(C)(C)c1cc(C(=O)O)c(O)c(C(C)(C)C)c1.CCc1ccnc(C(=O)O)c1.Cc1c(C)c(C)c(C(=O)c2ccccc2C(=O)O)c(C)c1C. The molecule has 0 aliphatic carbocycles.